The summed E-state index contributed by atoms with van der Waals surface area (Å²) in [5.41, 5.74) is 2.61. The molecule has 0 saturated carbocycles. The molecule has 2 heterocycles. The van der Waals surface area contributed by atoms with Crippen LogP contribution in [0, 0.1) is 32.4 Å². The molecule has 0 bridgehead atoms. The van der Waals surface area contributed by atoms with Gasteiger partial charge in [-0.1, -0.05) is 11.8 Å². The number of nitrogens with one attached hydrogen (secondary N) is 1. The van der Waals surface area contributed by atoms with E-state index in [9.17, 15) is 13.6 Å². The maximum Gasteiger partial charge on any atom is 0.253 e. The van der Waals surface area contributed by atoms with Crippen LogP contribution >= 0.6 is 11.8 Å². The van der Waals surface area contributed by atoms with Crippen molar-refractivity contribution in [3.63, 3.8) is 0 Å². The Bertz CT molecular complexity index is 1000. The molecule has 6 nitrogen and oxygen atoms in total. The van der Waals surface area contributed by atoms with E-state index < -0.39 is 22.8 Å². The molecule has 3 aromatic rings. The smallest absolute Gasteiger partial charge is 0.253 e. The quantitative estimate of drug-likeness (QED) is 0.705. The first-order valence-corrected chi connectivity index (χ1v) is 8.77. The molecule has 26 heavy (non-hydrogen) atoms. The third-order valence-electron chi connectivity index (χ3n) is 4.08. The van der Waals surface area contributed by atoms with E-state index in [1.807, 2.05) is 20.8 Å². The molecule has 1 N–H and O–H groups in total. The van der Waals surface area contributed by atoms with Gasteiger partial charge in [0.15, 0.2) is 0 Å². The van der Waals surface area contributed by atoms with Gasteiger partial charge in [-0.2, -0.15) is 4.98 Å². The van der Waals surface area contributed by atoms with Crippen LogP contribution in [0.3, 0.4) is 0 Å². The summed E-state index contributed by atoms with van der Waals surface area (Å²) < 4.78 is 28.5. The highest BCUT2D eigenvalue weighted by molar-refractivity contribution is 8.00. The Balaban J connectivity index is 1.78. The average Bonchev–Trinajstić information content (AvgIpc) is 2.98. The molecule has 1 aromatic carbocycles. The Morgan fingerprint density at radius 1 is 1.23 bits per heavy atom. The van der Waals surface area contributed by atoms with Crippen molar-refractivity contribution >= 4 is 29.1 Å². The summed E-state index contributed by atoms with van der Waals surface area (Å²) >= 11 is 1.12. The summed E-state index contributed by atoms with van der Waals surface area (Å²) in [4.78, 5) is 21.0. The van der Waals surface area contributed by atoms with E-state index in [2.05, 4.69) is 20.4 Å². The molecule has 3 rings (SSSR count). The molecule has 0 radical (unpaired) electrons. The number of carbonyl (C=O) groups excluding carboxylic acids is 1. The van der Waals surface area contributed by atoms with Crippen molar-refractivity contribution in [3.05, 3.63) is 46.8 Å². The fraction of sp³-hybridized carbons (Fsp3) is 0.294. The van der Waals surface area contributed by atoms with E-state index in [-0.39, 0.29) is 5.69 Å². The standard InChI is InChI=1S/C17H17F2N5OS/c1-8-9(2)20-16-22-17(23-24(16)10(8)3)26-11(4)15(25)21-14-7-12(18)5-6-13(14)19/h5-7,11H,1-4H3,(H,21,25)/t11-/m1/s1. The van der Waals surface area contributed by atoms with Gasteiger partial charge in [-0.15, -0.1) is 5.10 Å². The van der Waals surface area contributed by atoms with Gasteiger partial charge in [-0.05, 0) is 45.4 Å². The van der Waals surface area contributed by atoms with Gasteiger partial charge >= 0.3 is 0 Å². The van der Waals surface area contributed by atoms with E-state index in [1.165, 1.54) is 0 Å². The molecule has 0 aliphatic heterocycles. The summed E-state index contributed by atoms with van der Waals surface area (Å²) in [6.07, 6.45) is 0. The molecule has 136 valence electrons. The lowest BCUT2D eigenvalue weighted by Gasteiger charge is -2.10. The van der Waals surface area contributed by atoms with Crippen LogP contribution in [0.25, 0.3) is 5.78 Å². The summed E-state index contributed by atoms with van der Waals surface area (Å²) in [5.74, 6) is -1.35. The van der Waals surface area contributed by atoms with Crippen molar-refractivity contribution in [2.24, 2.45) is 0 Å². The van der Waals surface area contributed by atoms with Crippen molar-refractivity contribution < 1.29 is 13.6 Å². The van der Waals surface area contributed by atoms with Crippen LogP contribution in [0.5, 0.6) is 0 Å². The molecule has 1 amide bonds. The first-order valence-electron chi connectivity index (χ1n) is 7.89. The molecule has 1 atom stereocenters. The SMILES string of the molecule is Cc1nc2nc(S[C@H](C)C(=O)Nc3cc(F)ccc3F)nn2c(C)c1C. The monoisotopic (exact) mass is 377 g/mol. The number of rotatable bonds is 4. The van der Waals surface area contributed by atoms with Crippen molar-refractivity contribution in [2.45, 2.75) is 38.1 Å². The van der Waals surface area contributed by atoms with E-state index in [1.54, 1.807) is 11.4 Å². The first-order chi connectivity index (χ1) is 12.3. The van der Waals surface area contributed by atoms with Gasteiger partial charge in [0, 0.05) is 17.5 Å². The third kappa shape index (κ3) is 3.52. The minimum Gasteiger partial charge on any atom is -0.323 e. The number of hydrogen-bond acceptors (Lipinski definition) is 5. The van der Waals surface area contributed by atoms with Crippen LogP contribution in [0.2, 0.25) is 0 Å². The van der Waals surface area contributed by atoms with Crippen LogP contribution in [0.15, 0.2) is 23.4 Å². The summed E-state index contributed by atoms with van der Waals surface area (Å²) in [7, 11) is 0. The second kappa shape index (κ2) is 6.99. The predicted octanol–water partition coefficient (Wildman–Crippen LogP) is 3.45. The molecule has 0 unspecified atom stereocenters. The lowest BCUT2D eigenvalue weighted by atomic mass is 10.2. The van der Waals surface area contributed by atoms with Gasteiger partial charge in [0.1, 0.15) is 11.6 Å². The Hall–Kier alpha value is -2.55. The van der Waals surface area contributed by atoms with Crippen LogP contribution in [-0.4, -0.2) is 30.7 Å². The van der Waals surface area contributed by atoms with Crippen LogP contribution in [-0.2, 0) is 4.79 Å². The molecule has 0 saturated heterocycles. The number of aryl methyl sites for hydroxylation is 2. The number of amides is 1. The van der Waals surface area contributed by atoms with Crippen molar-refractivity contribution in [1.82, 2.24) is 19.6 Å². The molecule has 0 aliphatic carbocycles. The Morgan fingerprint density at radius 3 is 2.69 bits per heavy atom. The Kier molecular flexibility index (Phi) is 4.90. The minimum absolute atomic E-state index is 0.200. The number of anilines is 1. The Morgan fingerprint density at radius 2 is 1.96 bits per heavy atom. The summed E-state index contributed by atoms with van der Waals surface area (Å²) in [5, 5.41) is 6.52. The number of nitrogens with zero attached hydrogens (tertiary/aromatic N) is 4. The topological polar surface area (TPSA) is 72.2 Å². The highest BCUT2D eigenvalue weighted by Gasteiger charge is 2.20. The summed E-state index contributed by atoms with van der Waals surface area (Å²) in [6, 6.07) is 2.89. The predicted molar refractivity (Wildman–Crippen MR) is 95.3 cm³/mol. The Labute approximate surface area is 153 Å². The van der Waals surface area contributed by atoms with Crippen LogP contribution < -0.4 is 5.32 Å². The first kappa shape index (κ1) is 18.2. The van der Waals surface area contributed by atoms with E-state index >= 15 is 0 Å². The lowest BCUT2D eigenvalue weighted by molar-refractivity contribution is -0.115. The highest BCUT2D eigenvalue weighted by atomic mass is 32.2. The fourth-order valence-corrected chi connectivity index (χ4v) is 3.07. The molecule has 0 fully saturated rings. The van der Waals surface area contributed by atoms with E-state index in [0.29, 0.717) is 10.9 Å². The average molecular weight is 377 g/mol. The number of thioether (sulfide) groups is 1. The number of aromatic nitrogens is 4. The number of halogens is 2. The van der Waals surface area contributed by atoms with Crippen molar-refractivity contribution in [3.8, 4) is 0 Å². The zero-order valence-electron chi connectivity index (χ0n) is 14.7. The molecular formula is C17H17F2N5OS. The second-order valence-corrected chi connectivity index (χ2v) is 7.20. The lowest BCUT2D eigenvalue weighted by Crippen LogP contribution is -2.23. The number of carbonyl (C=O) groups is 1. The molecular weight excluding hydrogens is 360 g/mol. The molecule has 0 aliphatic rings. The zero-order chi connectivity index (χ0) is 19.0. The highest BCUT2D eigenvalue weighted by Crippen LogP contribution is 2.23. The van der Waals surface area contributed by atoms with Gasteiger partial charge in [-0.3, -0.25) is 4.79 Å². The number of hydrogen-bond donors (Lipinski definition) is 1. The van der Waals surface area contributed by atoms with Gasteiger partial charge in [0.2, 0.25) is 11.1 Å². The van der Waals surface area contributed by atoms with Gasteiger partial charge in [0.25, 0.3) is 5.78 Å². The van der Waals surface area contributed by atoms with Crippen LogP contribution in [0.1, 0.15) is 23.9 Å². The normalized spacial score (nSPS) is 12.4. The van der Waals surface area contributed by atoms with E-state index in [4.69, 9.17) is 0 Å². The van der Waals surface area contributed by atoms with Gasteiger partial charge in [0.05, 0.1) is 10.9 Å². The maximum atomic E-state index is 13.7. The number of fused-ring (bicyclic) bond motifs is 1. The summed E-state index contributed by atoms with van der Waals surface area (Å²) in [6.45, 7) is 7.41. The minimum atomic E-state index is -0.700. The third-order valence-corrected chi connectivity index (χ3v) is 5.03. The zero-order valence-corrected chi connectivity index (χ0v) is 15.5. The second-order valence-electron chi connectivity index (χ2n) is 5.89. The molecule has 0 spiro atoms. The van der Waals surface area contributed by atoms with Crippen molar-refractivity contribution in [2.75, 3.05) is 5.32 Å². The molecule has 2 aromatic heterocycles. The van der Waals surface area contributed by atoms with Crippen LogP contribution in [0.4, 0.5) is 14.5 Å². The molecule has 9 heteroatoms. The van der Waals surface area contributed by atoms with E-state index in [0.717, 1.165) is 46.9 Å². The van der Waals surface area contributed by atoms with Gasteiger partial charge < -0.3 is 5.32 Å². The largest absolute Gasteiger partial charge is 0.323 e. The fourth-order valence-electron chi connectivity index (χ4n) is 2.33. The number of benzene rings is 1. The van der Waals surface area contributed by atoms with Crippen molar-refractivity contribution in [1.29, 1.82) is 0 Å². The maximum absolute atomic E-state index is 13.7. The van der Waals surface area contributed by atoms with Gasteiger partial charge in [-0.25, -0.2) is 18.3 Å².